The van der Waals surface area contributed by atoms with E-state index < -0.39 is 11.4 Å². The summed E-state index contributed by atoms with van der Waals surface area (Å²) in [6, 6.07) is 22.6. The van der Waals surface area contributed by atoms with Crippen LogP contribution in [-0.2, 0) is 24.4 Å². The van der Waals surface area contributed by atoms with Crippen molar-refractivity contribution in [3.63, 3.8) is 0 Å². The van der Waals surface area contributed by atoms with Gasteiger partial charge in [0.25, 0.3) is 0 Å². The quantitative estimate of drug-likeness (QED) is 0.139. The van der Waals surface area contributed by atoms with E-state index in [0.717, 1.165) is 38.5 Å². The Balaban J connectivity index is 1.63. The zero-order valence-corrected chi connectivity index (χ0v) is 27.3. The number of carboxylic acids is 1. The van der Waals surface area contributed by atoms with Gasteiger partial charge >= 0.3 is 5.97 Å². The summed E-state index contributed by atoms with van der Waals surface area (Å²) < 4.78 is 22.7. The third kappa shape index (κ3) is 7.22. The van der Waals surface area contributed by atoms with Gasteiger partial charge in [-0.05, 0) is 60.9 Å². The van der Waals surface area contributed by atoms with E-state index in [9.17, 15) is 14.3 Å². The number of rotatable bonds is 12. The third-order valence-electron chi connectivity index (χ3n) is 8.25. The first-order valence-electron chi connectivity index (χ1n) is 15.3. The van der Waals surface area contributed by atoms with E-state index in [1.807, 2.05) is 62.4 Å². The van der Waals surface area contributed by atoms with E-state index >= 15 is 0 Å². The molecule has 3 heterocycles. The Morgan fingerprint density at radius 3 is 2.31 bits per heavy atom. The molecule has 8 heteroatoms. The topological polar surface area (TPSA) is 77.2 Å². The summed E-state index contributed by atoms with van der Waals surface area (Å²) >= 11 is 1.75. The number of carbonyl (C=O) groups is 1. The van der Waals surface area contributed by atoms with Crippen molar-refractivity contribution in [2.45, 2.75) is 76.7 Å². The minimum Gasteiger partial charge on any atom is -0.487 e. The van der Waals surface area contributed by atoms with Crippen LogP contribution in [-0.4, -0.2) is 30.4 Å². The number of thioether (sulfide) groups is 1. The number of fused-ring (bicyclic) bond motifs is 1. The number of ether oxygens (including phenoxy) is 1. The molecule has 234 valence electrons. The van der Waals surface area contributed by atoms with Crippen molar-refractivity contribution in [1.82, 2.24) is 14.5 Å². The largest absolute Gasteiger partial charge is 0.487 e. The van der Waals surface area contributed by atoms with Crippen LogP contribution in [0.2, 0.25) is 0 Å². The molecule has 0 aliphatic carbocycles. The highest BCUT2D eigenvalue weighted by Crippen LogP contribution is 2.45. The van der Waals surface area contributed by atoms with Crippen LogP contribution in [0.3, 0.4) is 0 Å². The first-order chi connectivity index (χ1) is 21.5. The molecule has 0 fully saturated rings. The summed E-state index contributed by atoms with van der Waals surface area (Å²) in [5.74, 6) is -0.417. The van der Waals surface area contributed by atoms with Gasteiger partial charge in [-0.2, -0.15) is 0 Å². The molecule has 1 N–H and O–H groups in total. The van der Waals surface area contributed by atoms with Crippen molar-refractivity contribution < 1.29 is 19.0 Å². The lowest BCUT2D eigenvalue weighted by atomic mass is 9.78. The van der Waals surface area contributed by atoms with E-state index in [-0.39, 0.29) is 10.6 Å². The molecule has 0 aliphatic rings. The lowest BCUT2D eigenvalue weighted by Crippen LogP contribution is -2.33. The molecule has 0 spiro atoms. The van der Waals surface area contributed by atoms with E-state index in [1.165, 1.54) is 6.07 Å². The molecular formula is C37H40FN3O3S. The van der Waals surface area contributed by atoms with Gasteiger partial charge in [0.2, 0.25) is 0 Å². The molecule has 3 aromatic heterocycles. The van der Waals surface area contributed by atoms with Crippen LogP contribution in [0.15, 0.2) is 90.1 Å². The van der Waals surface area contributed by atoms with Gasteiger partial charge in [0.05, 0.1) is 11.1 Å². The average Bonchev–Trinajstić information content (AvgIpc) is 3.29. The van der Waals surface area contributed by atoms with Crippen LogP contribution < -0.4 is 4.74 Å². The Kier molecular flexibility index (Phi) is 9.63. The van der Waals surface area contributed by atoms with E-state index in [2.05, 4.69) is 47.4 Å². The maximum absolute atomic E-state index is 14.4. The van der Waals surface area contributed by atoms with E-state index in [4.69, 9.17) is 4.74 Å². The summed E-state index contributed by atoms with van der Waals surface area (Å²) in [6.45, 7) is 11.3. The number of hydrogen-bond donors (Lipinski definition) is 1. The van der Waals surface area contributed by atoms with Crippen molar-refractivity contribution in [3.8, 4) is 17.0 Å². The van der Waals surface area contributed by atoms with Crippen molar-refractivity contribution in [3.05, 3.63) is 108 Å². The summed E-state index contributed by atoms with van der Waals surface area (Å²) in [5, 5.41) is 11.5. The highest BCUT2D eigenvalue weighted by molar-refractivity contribution is 8.00. The SMILES string of the molecule is CCC(CC)(Cc1c(SC(C)(C)C)c2cc(OCc3ccccn3)ccc2n1Cc1ccc(-c2ncccc2F)cc1)C(=O)O. The Labute approximate surface area is 268 Å². The minimum atomic E-state index is -0.905. The van der Waals surface area contributed by atoms with Gasteiger partial charge < -0.3 is 14.4 Å². The van der Waals surface area contributed by atoms with Crippen LogP contribution in [0.4, 0.5) is 4.39 Å². The predicted molar refractivity (Wildman–Crippen MR) is 179 cm³/mol. The normalized spacial score (nSPS) is 12.0. The number of halogens is 1. The molecule has 0 aliphatic heterocycles. The molecule has 0 radical (unpaired) electrons. The number of pyridine rings is 2. The van der Waals surface area contributed by atoms with Crippen molar-refractivity contribution in [2.24, 2.45) is 5.41 Å². The van der Waals surface area contributed by atoms with Crippen molar-refractivity contribution in [1.29, 1.82) is 0 Å². The van der Waals surface area contributed by atoms with Gasteiger partial charge in [-0.15, -0.1) is 11.8 Å². The standard InChI is InChI=1S/C37H40FN3O3S/c1-6-37(7-2,35(42)43)22-32-34(45-36(3,4)5)29-21-28(44-24-27-11-8-9-19-39-27)17-18-31(29)41(32)23-25-13-15-26(16-14-25)33-30(38)12-10-20-40-33/h8-21H,6-7,22-24H2,1-5H3,(H,42,43). The molecule has 5 aromatic rings. The molecule has 0 unspecified atom stereocenters. The molecule has 0 amide bonds. The van der Waals surface area contributed by atoms with Gasteiger partial charge in [0.15, 0.2) is 0 Å². The first-order valence-corrected chi connectivity index (χ1v) is 16.2. The van der Waals surface area contributed by atoms with Gasteiger partial charge in [-0.3, -0.25) is 14.8 Å². The molecule has 0 bridgehead atoms. The highest BCUT2D eigenvalue weighted by Gasteiger charge is 2.38. The maximum Gasteiger partial charge on any atom is 0.310 e. The lowest BCUT2D eigenvalue weighted by molar-refractivity contribution is -0.149. The number of benzene rings is 2. The second kappa shape index (κ2) is 13.4. The Hall–Kier alpha value is -4.17. The number of carboxylic acid groups (broad SMARTS) is 1. The Bertz CT molecular complexity index is 1780. The second-order valence-electron chi connectivity index (χ2n) is 12.4. The Morgan fingerprint density at radius 1 is 0.956 bits per heavy atom. The Morgan fingerprint density at radius 2 is 1.69 bits per heavy atom. The summed E-state index contributed by atoms with van der Waals surface area (Å²) in [5.41, 5.74) is 3.98. The first kappa shape index (κ1) is 32.2. The molecule has 0 atom stereocenters. The van der Waals surface area contributed by atoms with Crippen LogP contribution in [0.1, 0.15) is 64.4 Å². The molecule has 6 nitrogen and oxygen atoms in total. The summed E-state index contributed by atoms with van der Waals surface area (Å²) in [4.78, 5) is 22.4. The van der Waals surface area contributed by atoms with E-state index in [1.54, 1.807) is 30.2 Å². The minimum absolute atomic E-state index is 0.128. The number of hydrogen-bond acceptors (Lipinski definition) is 5. The van der Waals surface area contributed by atoms with E-state index in [0.29, 0.717) is 43.7 Å². The number of aromatic nitrogens is 3. The lowest BCUT2D eigenvalue weighted by Gasteiger charge is -2.29. The smallest absolute Gasteiger partial charge is 0.310 e. The average molecular weight is 626 g/mol. The van der Waals surface area contributed by atoms with Crippen LogP contribution >= 0.6 is 11.8 Å². The molecule has 5 rings (SSSR count). The monoisotopic (exact) mass is 625 g/mol. The number of nitrogens with zero attached hydrogens (tertiary/aromatic N) is 3. The zero-order valence-electron chi connectivity index (χ0n) is 26.5. The third-order valence-corrected chi connectivity index (χ3v) is 9.52. The van der Waals surface area contributed by atoms with Crippen molar-refractivity contribution >= 4 is 28.6 Å². The molecular weight excluding hydrogens is 585 g/mol. The maximum atomic E-state index is 14.4. The second-order valence-corrected chi connectivity index (χ2v) is 14.2. The van der Waals surface area contributed by atoms with Gasteiger partial charge in [-0.25, -0.2) is 4.39 Å². The zero-order chi connectivity index (χ0) is 32.2. The fraction of sp³-hybridized carbons (Fsp3) is 0.324. The van der Waals surface area contributed by atoms with Crippen LogP contribution in [0.5, 0.6) is 5.75 Å². The van der Waals surface area contributed by atoms with Crippen LogP contribution in [0, 0.1) is 11.2 Å². The van der Waals surface area contributed by atoms with Gasteiger partial charge in [0, 0.05) is 57.2 Å². The van der Waals surface area contributed by atoms with Gasteiger partial charge in [0.1, 0.15) is 23.9 Å². The summed E-state index contributed by atoms with van der Waals surface area (Å²) in [7, 11) is 0. The predicted octanol–water partition coefficient (Wildman–Crippen LogP) is 9.19. The molecule has 45 heavy (non-hydrogen) atoms. The molecule has 0 saturated carbocycles. The fourth-order valence-electron chi connectivity index (χ4n) is 5.61. The van der Waals surface area contributed by atoms with Crippen LogP contribution in [0.25, 0.3) is 22.2 Å². The van der Waals surface area contributed by atoms with Gasteiger partial charge in [-0.1, -0.05) is 65.0 Å². The molecule has 0 saturated heterocycles. The highest BCUT2D eigenvalue weighted by atomic mass is 32.2. The number of aliphatic carboxylic acids is 1. The molecule has 2 aromatic carbocycles. The fourth-order valence-corrected chi connectivity index (χ4v) is 6.80. The van der Waals surface area contributed by atoms with Crippen molar-refractivity contribution in [2.75, 3.05) is 0 Å². The summed E-state index contributed by atoms with van der Waals surface area (Å²) in [6.07, 6.45) is 4.76.